The SMILES string of the molecule is CC(C)(C)OC(=O)N1CC[C@H](Nc2ccc3ccccc3n2)C1. The lowest BCUT2D eigenvalue weighted by atomic mass is 10.2. The molecule has 0 aliphatic carbocycles. The summed E-state index contributed by atoms with van der Waals surface area (Å²) >= 11 is 0. The number of nitrogens with zero attached hydrogens (tertiary/aromatic N) is 2. The molecule has 1 fully saturated rings. The van der Waals surface area contributed by atoms with Crippen LogP contribution in [-0.4, -0.2) is 40.7 Å². The molecule has 1 saturated heterocycles. The molecular weight excluding hydrogens is 290 g/mol. The summed E-state index contributed by atoms with van der Waals surface area (Å²) in [7, 11) is 0. The summed E-state index contributed by atoms with van der Waals surface area (Å²) in [5, 5.41) is 4.54. The van der Waals surface area contributed by atoms with Gasteiger partial charge in [-0.25, -0.2) is 9.78 Å². The van der Waals surface area contributed by atoms with Gasteiger partial charge in [0.1, 0.15) is 11.4 Å². The van der Waals surface area contributed by atoms with Gasteiger partial charge in [0.15, 0.2) is 0 Å². The summed E-state index contributed by atoms with van der Waals surface area (Å²) in [6, 6.07) is 12.3. The van der Waals surface area contributed by atoms with Crippen molar-refractivity contribution < 1.29 is 9.53 Å². The predicted molar refractivity (Wildman–Crippen MR) is 91.6 cm³/mol. The molecule has 1 aromatic heterocycles. The lowest BCUT2D eigenvalue weighted by molar-refractivity contribution is 0.0293. The van der Waals surface area contributed by atoms with E-state index in [1.165, 1.54) is 0 Å². The van der Waals surface area contributed by atoms with Crippen LogP contribution in [0.5, 0.6) is 0 Å². The maximum Gasteiger partial charge on any atom is 0.410 e. The van der Waals surface area contributed by atoms with E-state index in [1.807, 2.05) is 51.1 Å². The molecule has 0 bridgehead atoms. The fourth-order valence-electron chi connectivity index (χ4n) is 2.73. The Balaban J connectivity index is 1.61. The van der Waals surface area contributed by atoms with E-state index in [0.717, 1.165) is 23.1 Å². The number of pyridine rings is 1. The van der Waals surface area contributed by atoms with Crippen molar-refractivity contribution in [2.45, 2.75) is 38.8 Å². The van der Waals surface area contributed by atoms with Crippen molar-refractivity contribution in [2.24, 2.45) is 0 Å². The van der Waals surface area contributed by atoms with Crippen molar-refractivity contribution in [1.82, 2.24) is 9.88 Å². The third-order valence-corrected chi connectivity index (χ3v) is 3.79. The first-order chi connectivity index (χ1) is 10.9. The lowest BCUT2D eigenvalue weighted by Crippen LogP contribution is -2.36. The van der Waals surface area contributed by atoms with Gasteiger partial charge in [0.05, 0.1) is 5.52 Å². The van der Waals surface area contributed by atoms with E-state index >= 15 is 0 Å². The van der Waals surface area contributed by atoms with Crippen molar-refractivity contribution in [3.8, 4) is 0 Å². The zero-order chi connectivity index (χ0) is 16.4. The molecule has 0 radical (unpaired) electrons. The Morgan fingerprint density at radius 1 is 1.26 bits per heavy atom. The second kappa shape index (κ2) is 6.07. The number of para-hydroxylation sites is 1. The van der Waals surface area contributed by atoms with E-state index in [1.54, 1.807) is 4.90 Å². The maximum absolute atomic E-state index is 12.1. The standard InChI is InChI=1S/C18H23N3O2/c1-18(2,3)23-17(22)21-11-10-14(12-21)19-16-9-8-13-6-4-5-7-15(13)20-16/h4-9,14H,10-12H2,1-3H3,(H,19,20)/t14-/m0/s1. The number of hydrogen-bond donors (Lipinski definition) is 1. The van der Waals surface area contributed by atoms with Crippen molar-refractivity contribution in [2.75, 3.05) is 18.4 Å². The Kier molecular flexibility index (Phi) is 4.11. The fraction of sp³-hybridized carbons (Fsp3) is 0.444. The van der Waals surface area contributed by atoms with E-state index in [2.05, 4.69) is 16.4 Å². The minimum absolute atomic E-state index is 0.205. The molecule has 1 aromatic carbocycles. The molecule has 0 spiro atoms. The van der Waals surface area contributed by atoms with E-state index in [4.69, 9.17) is 4.74 Å². The average molecular weight is 313 g/mol. The summed E-state index contributed by atoms with van der Waals surface area (Å²) in [6.07, 6.45) is 0.654. The van der Waals surface area contributed by atoms with Gasteiger partial charge in [-0.3, -0.25) is 0 Å². The Labute approximate surface area is 136 Å². The predicted octanol–water partition coefficient (Wildman–Crippen LogP) is 3.66. The van der Waals surface area contributed by atoms with Crippen LogP contribution in [0.2, 0.25) is 0 Å². The van der Waals surface area contributed by atoms with Gasteiger partial charge in [-0.15, -0.1) is 0 Å². The molecule has 0 unspecified atom stereocenters. The number of carbonyl (C=O) groups excluding carboxylic acids is 1. The van der Waals surface area contributed by atoms with Gasteiger partial charge < -0.3 is 15.0 Å². The van der Waals surface area contributed by atoms with Crippen LogP contribution >= 0.6 is 0 Å². The van der Waals surface area contributed by atoms with Gasteiger partial charge in [0.25, 0.3) is 0 Å². The molecular formula is C18H23N3O2. The van der Waals surface area contributed by atoms with Crippen LogP contribution in [0.1, 0.15) is 27.2 Å². The molecule has 1 amide bonds. The summed E-state index contributed by atoms with van der Waals surface area (Å²) in [5.41, 5.74) is 0.516. The first kappa shape index (κ1) is 15.6. The zero-order valence-electron chi connectivity index (χ0n) is 13.9. The van der Waals surface area contributed by atoms with Crippen LogP contribution in [-0.2, 0) is 4.74 Å². The van der Waals surface area contributed by atoms with Crippen molar-refractivity contribution >= 4 is 22.8 Å². The monoisotopic (exact) mass is 313 g/mol. The minimum atomic E-state index is -0.456. The molecule has 5 heteroatoms. The normalized spacial score (nSPS) is 18.2. The largest absolute Gasteiger partial charge is 0.444 e. The third-order valence-electron chi connectivity index (χ3n) is 3.79. The number of aromatic nitrogens is 1. The molecule has 23 heavy (non-hydrogen) atoms. The molecule has 5 nitrogen and oxygen atoms in total. The highest BCUT2D eigenvalue weighted by Gasteiger charge is 2.29. The van der Waals surface area contributed by atoms with Gasteiger partial charge in [0, 0.05) is 24.5 Å². The molecule has 0 saturated carbocycles. The number of anilines is 1. The lowest BCUT2D eigenvalue weighted by Gasteiger charge is -2.24. The number of carbonyl (C=O) groups is 1. The van der Waals surface area contributed by atoms with Crippen LogP contribution < -0.4 is 5.32 Å². The molecule has 1 atom stereocenters. The number of likely N-dealkylation sites (tertiary alicyclic amines) is 1. The Bertz CT molecular complexity index is 709. The summed E-state index contributed by atoms with van der Waals surface area (Å²) in [4.78, 5) is 18.5. The molecule has 122 valence electrons. The van der Waals surface area contributed by atoms with E-state index in [9.17, 15) is 4.79 Å². The van der Waals surface area contributed by atoms with Crippen LogP contribution in [0.4, 0.5) is 10.6 Å². The molecule has 1 aliphatic rings. The smallest absolute Gasteiger partial charge is 0.410 e. The van der Waals surface area contributed by atoms with Crippen molar-refractivity contribution in [3.05, 3.63) is 36.4 Å². The Hall–Kier alpha value is -2.30. The number of hydrogen-bond acceptors (Lipinski definition) is 4. The average Bonchev–Trinajstić information content (AvgIpc) is 2.94. The van der Waals surface area contributed by atoms with Crippen LogP contribution in [0.15, 0.2) is 36.4 Å². The van der Waals surface area contributed by atoms with Crippen molar-refractivity contribution in [1.29, 1.82) is 0 Å². The number of amides is 1. The summed E-state index contributed by atoms with van der Waals surface area (Å²) < 4.78 is 5.42. The summed E-state index contributed by atoms with van der Waals surface area (Å²) in [6.45, 7) is 7.00. The fourth-order valence-corrected chi connectivity index (χ4v) is 2.73. The van der Waals surface area contributed by atoms with Crippen molar-refractivity contribution in [3.63, 3.8) is 0 Å². The summed E-state index contributed by atoms with van der Waals surface area (Å²) in [5.74, 6) is 0.847. The van der Waals surface area contributed by atoms with E-state index in [0.29, 0.717) is 13.1 Å². The molecule has 2 heterocycles. The number of rotatable bonds is 2. The van der Waals surface area contributed by atoms with Gasteiger partial charge in [-0.2, -0.15) is 0 Å². The maximum atomic E-state index is 12.1. The van der Waals surface area contributed by atoms with Gasteiger partial charge in [0.2, 0.25) is 0 Å². The number of ether oxygens (including phenoxy) is 1. The molecule has 3 rings (SSSR count). The molecule has 1 N–H and O–H groups in total. The Morgan fingerprint density at radius 2 is 2.04 bits per heavy atom. The van der Waals surface area contributed by atoms with Crippen LogP contribution in [0, 0.1) is 0 Å². The zero-order valence-corrected chi connectivity index (χ0v) is 13.9. The second-order valence-electron chi connectivity index (χ2n) is 6.95. The highest BCUT2D eigenvalue weighted by atomic mass is 16.6. The minimum Gasteiger partial charge on any atom is -0.444 e. The van der Waals surface area contributed by atoms with Gasteiger partial charge >= 0.3 is 6.09 Å². The topological polar surface area (TPSA) is 54.5 Å². The third kappa shape index (κ3) is 3.92. The molecule has 1 aliphatic heterocycles. The van der Waals surface area contributed by atoms with Gasteiger partial charge in [-0.05, 0) is 45.4 Å². The van der Waals surface area contributed by atoms with Crippen LogP contribution in [0.25, 0.3) is 10.9 Å². The Morgan fingerprint density at radius 3 is 2.83 bits per heavy atom. The van der Waals surface area contributed by atoms with Crippen LogP contribution in [0.3, 0.4) is 0 Å². The van der Waals surface area contributed by atoms with E-state index in [-0.39, 0.29) is 12.1 Å². The van der Waals surface area contributed by atoms with E-state index < -0.39 is 5.60 Å². The quantitative estimate of drug-likeness (QED) is 0.919. The van der Waals surface area contributed by atoms with Gasteiger partial charge in [-0.1, -0.05) is 18.2 Å². The first-order valence-electron chi connectivity index (χ1n) is 8.01. The molecule has 2 aromatic rings. The number of benzene rings is 1. The second-order valence-corrected chi connectivity index (χ2v) is 6.95. The number of fused-ring (bicyclic) bond motifs is 1. The highest BCUT2D eigenvalue weighted by Crippen LogP contribution is 2.20. The highest BCUT2D eigenvalue weighted by molar-refractivity contribution is 5.80. The number of nitrogens with one attached hydrogen (secondary N) is 1. The first-order valence-corrected chi connectivity index (χ1v) is 8.01.